The summed E-state index contributed by atoms with van der Waals surface area (Å²) in [5.41, 5.74) is 4.94. The zero-order chi connectivity index (χ0) is 28.0. The highest BCUT2D eigenvalue weighted by Crippen LogP contribution is 2.40. The standard InChI is InChI=1S/C33H29N3O4S/c37-20-22-13-15-23(16-14-22)31-18-26(21-41-27-9-2-1-3-10-27)39-33(40-31)24-7-6-8-25(17-24)35-32(38)30-19-34-28-11-4-5-12-29(28)36-30/h1-17,19,26,31,33,37H,18,20-21H2,(H,35,38)/t26-,31+,33+/m0/s1. The number of benzene rings is 4. The zero-order valence-electron chi connectivity index (χ0n) is 22.2. The molecule has 3 atom stereocenters. The van der Waals surface area contributed by atoms with Crippen molar-refractivity contribution in [2.45, 2.75) is 36.4 Å². The van der Waals surface area contributed by atoms with Crippen LogP contribution in [0.3, 0.4) is 0 Å². The normalized spacial score (nSPS) is 18.7. The molecule has 1 saturated heterocycles. The van der Waals surface area contributed by atoms with Crippen molar-refractivity contribution in [3.8, 4) is 0 Å². The van der Waals surface area contributed by atoms with Gasteiger partial charge in [-0.3, -0.25) is 9.78 Å². The summed E-state index contributed by atoms with van der Waals surface area (Å²) in [6.45, 7) is -0.00280. The van der Waals surface area contributed by atoms with Gasteiger partial charge in [-0.1, -0.05) is 66.7 Å². The number of fused-ring (bicyclic) bond motifs is 1. The van der Waals surface area contributed by atoms with Crippen LogP contribution in [-0.4, -0.2) is 32.8 Å². The van der Waals surface area contributed by atoms with Crippen LogP contribution in [0.15, 0.2) is 114 Å². The molecule has 5 aromatic rings. The molecule has 0 bridgehead atoms. The summed E-state index contributed by atoms with van der Waals surface area (Å²) in [6, 6.07) is 33.1. The van der Waals surface area contributed by atoms with Crippen LogP contribution in [0, 0.1) is 0 Å². The number of aromatic nitrogens is 2. The topological polar surface area (TPSA) is 93.6 Å². The number of rotatable bonds is 8. The van der Waals surface area contributed by atoms with Gasteiger partial charge in [0.1, 0.15) is 5.69 Å². The van der Waals surface area contributed by atoms with Gasteiger partial charge < -0.3 is 19.9 Å². The first-order chi connectivity index (χ1) is 20.1. The van der Waals surface area contributed by atoms with Crippen molar-refractivity contribution >= 4 is 34.4 Å². The summed E-state index contributed by atoms with van der Waals surface area (Å²) in [7, 11) is 0. The van der Waals surface area contributed by atoms with E-state index in [0.717, 1.165) is 28.0 Å². The molecule has 0 aliphatic carbocycles. The number of hydrogen-bond donors (Lipinski definition) is 2. The predicted molar refractivity (Wildman–Crippen MR) is 160 cm³/mol. The highest BCUT2D eigenvalue weighted by molar-refractivity contribution is 7.99. The van der Waals surface area contributed by atoms with E-state index >= 15 is 0 Å². The van der Waals surface area contributed by atoms with E-state index in [0.29, 0.717) is 17.6 Å². The zero-order valence-corrected chi connectivity index (χ0v) is 23.0. The van der Waals surface area contributed by atoms with E-state index < -0.39 is 6.29 Å². The summed E-state index contributed by atoms with van der Waals surface area (Å²) in [4.78, 5) is 23.0. The molecule has 0 spiro atoms. The van der Waals surface area contributed by atoms with Gasteiger partial charge in [0.25, 0.3) is 5.91 Å². The molecule has 1 fully saturated rings. The molecule has 0 radical (unpaired) electrons. The number of carbonyl (C=O) groups is 1. The Labute approximate surface area is 242 Å². The first-order valence-corrected chi connectivity index (χ1v) is 14.4. The molecular weight excluding hydrogens is 534 g/mol. The molecule has 2 heterocycles. The van der Waals surface area contributed by atoms with Crippen LogP contribution in [0.25, 0.3) is 11.0 Å². The lowest BCUT2D eigenvalue weighted by Crippen LogP contribution is -2.31. The third kappa shape index (κ3) is 6.64. The second-order valence-corrected chi connectivity index (χ2v) is 10.9. The molecular formula is C33H29N3O4S. The number of ether oxygens (including phenoxy) is 2. The van der Waals surface area contributed by atoms with E-state index in [1.54, 1.807) is 11.8 Å². The summed E-state index contributed by atoms with van der Waals surface area (Å²) in [5.74, 6) is 0.427. The maximum atomic E-state index is 13.0. The third-order valence-electron chi connectivity index (χ3n) is 6.89. The van der Waals surface area contributed by atoms with Gasteiger partial charge in [-0.2, -0.15) is 0 Å². The van der Waals surface area contributed by atoms with Crippen molar-refractivity contribution in [2.75, 3.05) is 11.1 Å². The maximum absolute atomic E-state index is 13.0. The van der Waals surface area contributed by atoms with Gasteiger partial charge >= 0.3 is 0 Å². The van der Waals surface area contributed by atoms with Gasteiger partial charge in [0.05, 0.1) is 36.0 Å². The van der Waals surface area contributed by atoms with Gasteiger partial charge in [-0.15, -0.1) is 11.8 Å². The maximum Gasteiger partial charge on any atom is 0.275 e. The van der Waals surface area contributed by atoms with Gasteiger partial charge in [-0.05, 0) is 47.5 Å². The number of carbonyl (C=O) groups excluding carboxylic acids is 1. The molecule has 1 amide bonds. The van der Waals surface area contributed by atoms with E-state index in [9.17, 15) is 9.90 Å². The minimum Gasteiger partial charge on any atom is -0.392 e. The summed E-state index contributed by atoms with van der Waals surface area (Å²) in [6.07, 6.45) is 1.31. The minimum atomic E-state index is -0.620. The Balaban J connectivity index is 1.21. The molecule has 7 nitrogen and oxygen atoms in total. The lowest BCUT2D eigenvalue weighted by atomic mass is 10.0. The van der Waals surface area contributed by atoms with Gasteiger partial charge in [0.15, 0.2) is 6.29 Å². The van der Waals surface area contributed by atoms with Gasteiger partial charge in [0.2, 0.25) is 0 Å². The fourth-order valence-corrected chi connectivity index (χ4v) is 5.70. The molecule has 6 rings (SSSR count). The number of nitrogens with one attached hydrogen (secondary N) is 1. The molecule has 1 aromatic heterocycles. The molecule has 2 N–H and O–H groups in total. The molecule has 1 aliphatic rings. The van der Waals surface area contributed by atoms with Crippen molar-refractivity contribution in [2.24, 2.45) is 0 Å². The van der Waals surface area contributed by atoms with Crippen molar-refractivity contribution in [1.29, 1.82) is 0 Å². The summed E-state index contributed by atoms with van der Waals surface area (Å²) < 4.78 is 12.9. The van der Waals surface area contributed by atoms with Crippen molar-refractivity contribution < 1.29 is 19.4 Å². The Kier molecular flexibility index (Phi) is 8.34. The number of hydrogen-bond acceptors (Lipinski definition) is 7. The van der Waals surface area contributed by atoms with E-state index in [-0.39, 0.29) is 30.4 Å². The number of aliphatic hydroxyl groups excluding tert-OH is 1. The van der Waals surface area contributed by atoms with E-state index in [1.807, 2.05) is 91.0 Å². The first kappa shape index (κ1) is 27.1. The van der Waals surface area contributed by atoms with Crippen molar-refractivity contribution in [3.05, 3.63) is 132 Å². The highest BCUT2D eigenvalue weighted by Gasteiger charge is 2.32. The van der Waals surface area contributed by atoms with Crippen LogP contribution in [0.4, 0.5) is 5.69 Å². The number of nitrogens with zero attached hydrogens (tertiary/aromatic N) is 2. The highest BCUT2D eigenvalue weighted by atomic mass is 32.2. The van der Waals surface area contributed by atoms with Crippen LogP contribution in [0.1, 0.15) is 46.0 Å². The molecule has 206 valence electrons. The number of amides is 1. The van der Waals surface area contributed by atoms with Gasteiger partial charge in [0, 0.05) is 28.3 Å². The van der Waals surface area contributed by atoms with Crippen LogP contribution >= 0.6 is 11.8 Å². The smallest absolute Gasteiger partial charge is 0.275 e. The monoisotopic (exact) mass is 563 g/mol. The molecule has 4 aromatic carbocycles. The minimum absolute atomic E-state index is 0.00280. The Bertz CT molecular complexity index is 1630. The number of thioether (sulfide) groups is 1. The largest absolute Gasteiger partial charge is 0.392 e. The summed E-state index contributed by atoms with van der Waals surface area (Å²) >= 11 is 1.75. The Morgan fingerprint density at radius 1 is 0.878 bits per heavy atom. The SMILES string of the molecule is O=C(Nc1cccc([C@@H]2O[C@H](CSc3ccccc3)C[C@H](c3ccc(CO)cc3)O2)c1)c1cnc2ccccc2n1. The van der Waals surface area contributed by atoms with E-state index in [4.69, 9.17) is 9.47 Å². The number of aliphatic hydroxyl groups is 1. The average molecular weight is 564 g/mol. The second kappa shape index (κ2) is 12.6. The lowest BCUT2D eigenvalue weighted by Gasteiger charge is -2.36. The fraction of sp³-hybridized carbons (Fsp3) is 0.182. The quantitative estimate of drug-likeness (QED) is 0.203. The summed E-state index contributed by atoms with van der Waals surface area (Å²) in [5, 5.41) is 12.4. The number of para-hydroxylation sites is 2. The van der Waals surface area contributed by atoms with Crippen molar-refractivity contribution in [1.82, 2.24) is 9.97 Å². The predicted octanol–water partition coefficient (Wildman–Crippen LogP) is 6.71. The molecule has 41 heavy (non-hydrogen) atoms. The van der Waals surface area contributed by atoms with Crippen molar-refractivity contribution in [3.63, 3.8) is 0 Å². The average Bonchev–Trinajstić information content (AvgIpc) is 3.04. The Hall–Kier alpha value is -4.08. The van der Waals surface area contributed by atoms with E-state index in [1.165, 1.54) is 11.1 Å². The molecule has 0 unspecified atom stereocenters. The first-order valence-electron chi connectivity index (χ1n) is 13.5. The Morgan fingerprint density at radius 2 is 1.66 bits per heavy atom. The molecule has 1 aliphatic heterocycles. The molecule has 0 saturated carbocycles. The second-order valence-electron chi connectivity index (χ2n) is 9.80. The fourth-order valence-electron chi connectivity index (χ4n) is 4.75. The van der Waals surface area contributed by atoms with Crippen LogP contribution in [0.5, 0.6) is 0 Å². The van der Waals surface area contributed by atoms with E-state index in [2.05, 4.69) is 27.4 Å². The molecule has 8 heteroatoms. The van der Waals surface area contributed by atoms with Crippen LogP contribution < -0.4 is 5.32 Å². The van der Waals surface area contributed by atoms with Crippen LogP contribution in [0.2, 0.25) is 0 Å². The Morgan fingerprint density at radius 3 is 2.46 bits per heavy atom. The third-order valence-corrected chi connectivity index (χ3v) is 8.04. The lowest BCUT2D eigenvalue weighted by molar-refractivity contribution is -0.245. The van der Waals surface area contributed by atoms with Gasteiger partial charge in [-0.25, -0.2) is 4.98 Å². The van der Waals surface area contributed by atoms with Crippen LogP contribution in [-0.2, 0) is 16.1 Å². The number of anilines is 1.